The van der Waals surface area contributed by atoms with E-state index in [1.165, 1.54) is 36.2 Å². The van der Waals surface area contributed by atoms with Crippen molar-refractivity contribution >= 4 is 15.9 Å². The predicted octanol–water partition coefficient (Wildman–Crippen LogP) is 1.83. The van der Waals surface area contributed by atoms with Crippen LogP contribution in [0.5, 0.6) is 11.5 Å². The summed E-state index contributed by atoms with van der Waals surface area (Å²) in [5.74, 6) is 0.606. The number of hydrogen-bond acceptors (Lipinski definition) is 5. The molecule has 0 aromatic heterocycles. The highest BCUT2D eigenvalue weighted by molar-refractivity contribution is 7.89. The Balaban J connectivity index is 1.69. The lowest BCUT2D eigenvalue weighted by Gasteiger charge is -2.44. The molecule has 0 unspecified atom stereocenters. The van der Waals surface area contributed by atoms with Crippen LogP contribution in [-0.4, -0.2) is 57.4 Å². The number of ether oxygens (including phenoxy) is 2. The van der Waals surface area contributed by atoms with E-state index in [1.807, 2.05) is 24.3 Å². The van der Waals surface area contributed by atoms with Gasteiger partial charge in [0.2, 0.25) is 15.9 Å². The molecule has 2 aliphatic heterocycles. The summed E-state index contributed by atoms with van der Waals surface area (Å²) in [6.07, 6.45) is 0.793. The molecule has 0 aliphatic carbocycles. The monoisotopic (exact) mass is 402 g/mol. The van der Waals surface area contributed by atoms with Crippen molar-refractivity contribution in [1.29, 1.82) is 0 Å². The van der Waals surface area contributed by atoms with E-state index >= 15 is 0 Å². The van der Waals surface area contributed by atoms with Crippen LogP contribution in [0.2, 0.25) is 0 Å². The van der Waals surface area contributed by atoms with Crippen molar-refractivity contribution in [3.8, 4) is 11.5 Å². The zero-order valence-corrected chi connectivity index (χ0v) is 16.6. The van der Waals surface area contributed by atoms with Gasteiger partial charge in [0.25, 0.3) is 0 Å². The van der Waals surface area contributed by atoms with E-state index < -0.39 is 10.0 Å². The summed E-state index contributed by atoms with van der Waals surface area (Å²) in [5.41, 5.74) is 2.19. The Bertz CT molecular complexity index is 1020. The smallest absolute Gasteiger partial charge is 0.243 e. The van der Waals surface area contributed by atoms with Crippen molar-refractivity contribution in [2.24, 2.45) is 0 Å². The molecule has 2 aromatic carbocycles. The molecule has 1 amide bonds. The Labute approximate surface area is 164 Å². The number of rotatable bonds is 4. The van der Waals surface area contributed by atoms with E-state index in [-0.39, 0.29) is 29.9 Å². The molecule has 0 N–H and O–H groups in total. The van der Waals surface area contributed by atoms with E-state index in [2.05, 4.69) is 0 Å². The molecule has 8 heteroatoms. The fourth-order valence-electron chi connectivity index (χ4n) is 3.96. The highest BCUT2D eigenvalue weighted by atomic mass is 32.2. The van der Waals surface area contributed by atoms with Crippen LogP contribution in [0, 0.1) is 0 Å². The Morgan fingerprint density at radius 3 is 2.54 bits per heavy atom. The Morgan fingerprint density at radius 1 is 1.04 bits per heavy atom. The van der Waals surface area contributed by atoms with Gasteiger partial charge in [-0.1, -0.05) is 24.3 Å². The van der Waals surface area contributed by atoms with Crippen molar-refractivity contribution in [2.75, 3.05) is 33.9 Å². The molecule has 0 saturated carbocycles. The van der Waals surface area contributed by atoms with Gasteiger partial charge in [-0.25, -0.2) is 8.42 Å². The molecule has 28 heavy (non-hydrogen) atoms. The molecule has 0 bridgehead atoms. The zero-order chi connectivity index (χ0) is 19.9. The number of methoxy groups -OCH3 is 2. The molecule has 1 atom stereocenters. The number of carbonyl (C=O) groups excluding carboxylic acids is 1. The minimum Gasteiger partial charge on any atom is -0.493 e. The number of piperazine rings is 1. The average Bonchev–Trinajstić information content (AvgIpc) is 2.72. The SMILES string of the molecule is COc1ccc(S(=O)(=O)N2CC(=O)N3CCc4ccccc4[C@H]3C2)cc1OC. The van der Waals surface area contributed by atoms with Crippen LogP contribution >= 0.6 is 0 Å². The van der Waals surface area contributed by atoms with Crippen LogP contribution in [0.4, 0.5) is 0 Å². The maximum Gasteiger partial charge on any atom is 0.243 e. The van der Waals surface area contributed by atoms with Crippen molar-refractivity contribution in [3.05, 3.63) is 53.6 Å². The lowest BCUT2D eigenvalue weighted by molar-refractivity contribution is -0.138. The number of benzene rings is 2. The molecule has 2 aromatic rings. The molecular formula is C20H22N2O5S. The fraction of sp³-hybridized carbons (Fsp3) is 0.350. The molecule has 1 fully saturated rings. The van der Waals surface area contributed by atoms with Gasteiger partial charge in [0.15, 0.2) is 11.5 Å². The van der Waals surface area contributed by atoms with Gasteiger partial charge in [0, 0.05) is 19.2 Å². The number of sulfonamides is 1. The van der Waals surface area contributed by atoms with Gasteiger partial charge < -0.3 is 14.4 Å². The van der Waals surface area contributed by atoms with Crippen LogP contribution in [0.1, 0.15) is 17.2 Å². The first-order valence-electron chi connectivity index (χ1n) is 9.05. The molecule has 2 heterocycles. The predicted molar refractivity (Wildman–Crippen MR) is 103 cm³/mol. The fourth-order valence-corrected chi connectivity index (χ4v) is 5.37. The summed E-state index contributed by atoms with van der Waals surface area (Å²) in [7, 11) is -0.911. The highest BCUT2D eigenvalue weighted by Gasteiger charge is 2.41. The Morgan fingerprint density at radius 2 is 1.79 bits per heavy atom. The molecule has 1 saturated heterocycles. The van der Waals surface area contributed by atoms with E-state index in [0.717, 1.165) is 12.0 Å². The number of carbonyl (C=O) groups is 1. The van der Waals surface area contributed by atoms with E-state index in [4.69, 9.17) is 9.47 Å². The van der Waals surface area contributed by atoms with Gasteiger partial charge >= 0.3 is 0 Å². The maximum absolute atomic E-state index is 13.2. The minimum absolute atomic E-state index is 0.0792. The quantitative estimate of drug-likeness (QED) is 0.780. The Kier molecular flexibility index (Phi) is 4.76. The molecule has 7 nitrogen and oxygen atoms in total. The first-order chi connectivity index (χ1) is 13.5. The first-order valence-corrected chi connectivity index (χ1v) is 10.5. The second-order valence-electron chi connectivity index (χ2n) is 6.87. The second-order valence-corrected chi connectivity index (χ2v) is 8.80. The van der Waals surface area contributed by atoms with Crippen molar-refractivity contribution in [1.82, 2.24) is 9.21 Å². The summed E-state index contributed by atoms with van der Waals surface area (Å²) in [6, 6.07) is 12.1. The zero-order valence-electron chi connectivity index (χ0n) is 15.8. The number of hydrogen-bond donors (Lipinski definition) is 0. The average molecular weight is 402 g/mol. The van der Waals surface area contributed by atoms with Gasteiger partial charge in [-0.3, -0.25) is 4.79 Å². The van der Waals surface area contributed by atoms with Crippen molar-refractivity contribution < 1.29 is 22.7 Å². The highest BCUT2D eigenvalue weighted by Crippen LogP contribution is 2.36. The number of amides is 1. The van der Waals surface area contributed by atoms with Crippen LogP contribution < -0.4 is 9.47 Å². The molecule has 0 spiro atoms. The minimum atomic E-state index is -3.86. The summed E-state index contributed by atoms with van der Waals surface area (Å²) in [4.78, 5) is 14.6. The van der Waals surface area contributed by atoms with Crippen LogP contribution in [0.3, 0.4) is 0 Å². The van der Waals surface area contributed by atoms with Gasteiger partial charge in [0.05, 0.1) is 31.7 Å². The summed E-state index contributed by atoms with van der Waals surface area (Å²) in [5, 5.41) is 0. The summed E-state index contributed by atoms with van der Waals surface area (Å²) >= 11 is 0. The number of nitrogens with zero attached hydrogens (tertiary/aromatic N) is 2. The Hall–Kier alpha value is -2.58. The van der Waals surface area contributed by atoms with Crippen LogP contribution in [0.15, 0.2) is 47.4 Å². The van der Waals surface area contributed by atoms with E-state index in [9.17, 15) is 13.2 Å². The van der Waals surface area contributed by atoms with E-state index in [1.54, 1.807) is 11.0 Å². The lowest BCUT2D eigenvalue weighted by atomic mass is 9.91. The molecule has 4 rings (SSSR count). The topological polar surface area (TPSA) is 76.2 Å². The normalized spacial score (nSPS) is 19.7. The van der Waals surface area contributed by atoms with Gasteiger partial charge in [-0.15, -0.1) is 0 Å². The third-order valence-electron chi connectivity index (χ3n) is 5.41. The van der Waals surface area contributed by atoms with Gasteiger partial charge in [0.1, 0.15) is 0 Å². The van der Waals surface area contributed by atoms with Crippen LogP contribution in [0.25, 0.3) is 0 Å². The summed E-state index contributed by atoms with van der Waals surface area (Å²) < 4.78 is 38.2. The first kappa shape index (κ1) is 18.8. The molecule has 0 radical (unpaired) electrons. The summed E-state index contributed by atoms with van der Waals surface area (Å²) in [6.45, 7) is 0.694. The van der Waals surface area contributed by atoms with Crippen molar-refractivity contribution in [3.63, 3.8) is 0 Å². The molecular weight excluding hydrogens is 380 g/mol. The maximum atomic E-state index is 13.2. The van der Waals surface area contributed by atoms with Crippen LogP contribution in [-0.2, 0) is 21.2 Å². The molecule has 148 valence electrons. The van der Waals surface area contributed by atoms with E-state index in [0.29, 0.717) is 18.0 Å². The van der Waals surface area contributed by atoms with Gasteiger partial charge in [-0.05, 0) is 29.7 Å². The lowest BCUT2D eigenvalue weighted by Crippen LogP contribution is -2.55. The third-order valence-corrected chi connectivity index (χ3v) is 7.22. The number of fused-ring (bicyclic) bond motifs is 3. The molecule has 2 aliphatic rings. The largest absolute Gasteiger partial charge is 0.493 e. The standard InChI is InChI=1S/C20H22N2O5S/c1-26-18-8-7-15(11-19(18)27-2)28(24,25)21-12-17-16-6-4-3-5-14(16)9-10-22(17)20(23)13-21/h3-8,11,17H,9-10,12-13H2,1-2H3/t17-/m1/s1. The van der Waals surface area contributed by atoms with Crippen molar-refractivity contribution in [2.45, 2.75) is 17.4 Å². The van der Waals surface area contributed by atoms with Gasteiger partial charge in [-0.2, -0.15) is 4.31 Å². The second kappa shape index (κ2) is 7.10. The third kappa shape index (κ3) is 3.02.